The summed E-state index contributed by atoms with van der Waals surface area (Å²) in [6.45, 7) is 5.04. The van der Waals surface area contributed by atoms with Gasteiger partial charge in [0.25, 0.3) is 5.91 Å². The molecular weight excluding hydrogens is 374 g/mol. The molecule has 0 saturated heterocycles. The molecule has 2 rings (SSSR count). The van der Waals surface area contributed by atoms with Crippen molar-refractivity contribution in [2.45, 2.75) is 44.3 Å². The summed E-state index contributed by atoms with van der Waals surface area (Å²) in [6.07, 6.45) is 0.705. The first-order valence-corrected chi connectivity index (χ1v) is 11.0. The van der Waals surface area contributed by atoms with Gasteiger partial charge in [0.05, 0.1) is 19.0 Å². The van der Waals surface area contributed by atoms with Gasteiger partial charge in [-0.05, 0) is 43.2 Å². The van der Waals surface area contributed by atoms with Gasteiger partial charge in [0.2, 0.25) is 10.0 Å². The highest BCUT2D eigenvalue weighted by Gasteiger charge is 2.17. The first-order chi connectivity index (χ1) is 13.2. The largest absolute Gasteiger partial charge is 0.348 e. The lowest BCUT2D eigenvalue weighted by atomic mass is 10.1. The van der Waals surface area contributed by atoms with Crippen molar-refractivity contribution in [3.63, 3.8) is 0 Å². The highest BCUT2D eigenvalue weighted by molar-refractivity contribution is 7.89. The Hall–Kier alpha value is -2.22. The maximum Gasteiger partial charge on any atom is 0.251 e. The van der Waals surface area contributed by atoms with Crippen LogP contribution in [0, 0.1) is 0 Å². The number of amides is 1. The molecule has 0 aliphatic heterocycles. The highest BCUT2D eigenvalue weighted by atomic mass is 32.2. The first-order valence-electron chi connectivity index (χ1n) is 9.49. The van der Waals surface area contributed by atoms with Gasteiger partial charge in [-0.15, -0.1) is 0 Å². The van der Waals surface area contributed by atoms with E-state index in [0.29, 0.717) is 18.5 Å². The molecule has 0 fully saturated rings. The van der Waals surface area contributed by atoms with Crippen molar-refractivity contribution in [1.82, 2.24) is 10.0 Å². The third-order valence-electron chi connectivity index (χ3n) is 4.50. The maximum atomic E-state index is 12.5. The summed E-state index contributed by atoms with van der Waals surface area (Å²) < 4.78 is 27.2. The van der Waals surface area contributed by atoms with Gasteiger partial charge in [-0.2, -0.15) is 0 Å². The fourth-order valence-electron chi connectivity index (χ4n) is 2.76. The Morgan fingerprint density at radius 1 is 1.04 bits per heavy atom. The molecule has 0 bridgehead atoms. The molecule has 3 N–H and O–H groups in total. The van der Waals surface area contributed by atoms with Crippen molar-refractivity contribution in [1.29, 1.82) is 0 Å². The molecule has 0 unspecified atom stereocenters. The molecule has 0 spiro atoms. The van der Waals surface area contributed by atoms with Crippen LogP contribution in [0.1, 0.15) is 41.8 Å². The molecular formula is C21H30N3O3S+. The number of sulfonamides is 1. The van der Waals surface area contributed by atoms with Crippen LogP contribution in [0.2, 0.25) is 0 Å². The van der Waals surface area contributed by atoms with Crippen molar-refractivity contribution in [3.05, 3.63) is 65.2 Å². The molecule has 1 amide bonds. The lowest BCUT2D eigenvalue weighted by Gasteiger charge is -2.13. The predicted molar refractivity (Wildman–Crippen MR) is 111 cm³/mol. The van der Waals surface area contributed by atoms with E-state index in [2.05, 4.69) is 30.2 Å². The summed E-state index contributed by atoms with van der Waals surface area (Å²) >= 11 is 0. The van der Waals surface area contributed by atoms with E-state index < -0.39 is 10.0 Å². The average Bonchev–Trinajstić information content (AvgIpc) is 2.66. The minimum atomic E-state index is -3.57. The Kier molecular flexibility index (Phi) is 7.74. The van der Waals surface area contributed by atoms with Crippen LogP contribution < -0.4 is 14.9 Å². The van der Waals surface area contributed by atoms with Gasteiger partial charge >= 0.3 is 0 Å². The fraction of sp³-hybridized carbons (Fsp3) is 0.381. The predicted octanol–water partition coefficient (Wildman–Crippen LogP) is 1.34. The second-order valence-corrected chi connectivity index (χ2v) is 9.00. The van der Waals surface area contributed by atoms with Gasteiger partial charge in [0.1, 0.15) is 6.54 Å². The van der Waals surface area contributed by atoms with Crippen LogP contribution in [-0.4, -0.2) is 34.5 Å². The SMILES string of the molecule is CC[C@H](C)NS(=O)(=O)c1ccc(C(=O)NCc2ccccc2C[NH+](C)C)cc1. The highest BCUT2D eigenvalue weighted by Crippen LogP contribution is 2.13. The quantitative estimate of drug-likeness (QED) is 0.590. The minimum absolute atomic E-state index is 0.142. The fourth-order valence-corrected chi connectivity index (χ4v) is 4.09. The minimum Gasteiger partial charge on any atom is -0.348 e. The Bertz CT molecular complexity index is 893. The number of quaternary nitrogens is 1. The average molecular weight is 405 g/mol. The van der Waals surface area contributed by atoms with Crippen LogP contribution in [0.5, 0.6) is 0 Å². The van der Waals surface area contributed by atoms with Crippen molar-refractivity contribution < 1.29 is 18.1 Å². The monoisotopic (exact) mass is 404 g/mol. The molecule has 152 valence electrons. The van der Waals surface area contributed by atoms with E-state index in [-0.39, 0.29) is 16.8 Å². The summed E-state index contributed by atoms with van der Waals surface area (Å²) in [5.41, 5.74) is 2.70. The summed E-state index contributed by atoms with van der Waals surface area (Å²) in [4.78, 5) is 13.9. The molecule has 28 heavy (non-hydrogen) atoms. The van der Waals surface area contributed by atoms with E-state index in [1.165, 1.54) is 34.7 Å². The van der Waals surface area contributed by atoms with Crippen LogP contribution in [0.15, 0.2) is 53.4 Å². The third-order valence-corrected chi connectivity index (χ3v) is 6.10. The Morgan fingerprint density at radius 3 is 2.21 bits per heavy atom. The number of hydrogen-bond donors (Lipinski definition) is 3. The van der Waals surface area contributed by atoms with Crippen LogP contribution in [0.3, 0.4) is 0 Å². The lowest BCUT2D eigenvalue weighted by Crippen LogP contribution is -3.04. The number of carbonyl (C=O) groups is 1. The Balaban J connectivity index is 2.04. The van der Waals surface area contributed by atoms with E-state index in [9.17, 15) is 13.2 Å². The molecule has 6 nitrogen and oxygen atoms in total. The molecule has 0 radical (unpaired) electrons. The van der Waals surface area contributed by atoms with Crippen molar-refractivity contribution in [3.8, 4) is 0 Å². The topological polar surface area (TPSA) is 79.7 Å². The van der Waals surface area contributed by atoms with E-state index >= 15 is 0 Å². The third kappa shape index (κ3) is 6.15. The van der Waals surface area contributed by atoms with E-state index in [1.54, 1.807) is 0 Å². The van der Waals surface area contributed by atoms with Crippen LogP contribution >= 0.6 is 0 Å². The molecule has 1 atom stereocenters. The first kappa shape index (κ1) is 22.1. The zero-order chi connectivity index (χ0) is 20.7. The Morgan fingerprint density at radius 2 is 1.64 bits per heavy atom. The molecule has 2 aromatic rings. The number of nitrogens with one attached hydrogen (secondary N) is 3. The molecule has 0 heterocycles. The van der Waals surface area contributed by atoms with Crippen LogP contribution in [0.25, 0.3) is 0 Å². The van der Waals surface area contributed by atoms with Gasteiger partial charge in [0, 0.05) is 23.7 Å². The van der Waals surface area contributed by atoms with Gasteiger partial charge in [-0.3, -0.25) is 4.79 Å². The molecule has 0 saturated carbocycles. The smallest absolute Gasteiger partial charge is 0.251 e. The number of hydrogen-bond acceptors (Lipinski definition) is 3. The van der Waals surface area contributed by atoms with Crippen molar-refractivity contribution in [2.75, 3.05) is 14.1 Å². The molecule has 0 aromatic heterocycles. The summed E-state index contributed by atoms with van der Waals surface area (Å²) in [5, 5.41) is 2.92. The number of rotatable bonds is 9. The van der Waals surface area contributed by atoms with Gasteiger partial charge in [0.15, 0.2) is 0 Å². The molecule has 2 aromatic carbocycles. The zero-order valence-corrected chi connectivity index (χ0v) is 17.8. The molecule has 7 heteroatoms. The lowest BCUT2D eigenvalue weighted by molar-refractivity contribution is -0.872. The normalized spacial score (nSPS) is 12.8. The number of benzene rings is 2. The van der Waals surface area contributed by atoms with Gasteiger partial charge in [-0.25, -0.2) is 13.1 Å². The van der Waals surface area contributed by atoms with Crippen LogP contribution in [-0.2, 0) is 23.1 Å². The van der Waals surface area contributed by atoms with Gasteiger partial charge < -0.3 is 10.2 Å². The van der Waals surface area contributed by atoms with E-state index in [0.717, 1.165) is 12.1 Å². The summed E-state index contributed by atoms with van der Waals surface area (Å²) in [6, 6.07) is 13.9. The summed E-state index contributed by atoms with van der Waals surface area (Å²) in [7, 11) is 0.598. The second-order valence-electron chi connectivity index (χ2n) is 7.29. The summed E-state index contributed by atoms with van der Waals surface area (Å²) in [5.74, 6) is -0.231. The van der Waals surface area contributed by atoms with Gasteiger partial charge in [-0.1, -0.05) is 31.2 Å². The van der Waals surface area contributed by atoms with Crippen LogP contribution in [0.4, 0.5) is 0 Å². The standard InChI is InChI=1S/C21H29N3O3S/c1-5-16(2)23-28(26,27)20-12-10-17(11-13-20)21(25)22-14-18-8-6-7-9-19(18)15-24(3)4/h6-13,16,23H,5,14-15H2,1-4H3,(H,22,25)/p+1/t16-/m0/s1. The molecule has 0 aliphatic carbocycles. The molecule has 0 aliphatic rings. The van der Waals surface area contributed by atoms with E-state index in [4.69, 9.17) is 0 Å². The van der Waals surface area contributed by atoms with Crippen molar-refractivity contribution in [2.24, 2.45) is 0 Å². The number of carbonyl (C=O) groups excluding carboxylic acids is 1. The Labute approximate surface area is 168 Å². The van der Waals surface area contributed by atoms with Crippen molar-refractivity contribution >= 4 is 15.9 Å². The zero-order valence-electron chi connectivity index (χ0n) is 17.0. The maximum absolute atomic E-state index is 12.5. The second kappa shape index (κ2) is 9.82. The van der Waals surface area contributed by atoms with E-state index in [1.807, 2.05) is 32.0 Å².